The van der Waals surface area contributed by atoms with Crippen molar-refractivity contribution in [1.82, 2.24) is 9.55 Å². The van der Waals surface area contributed by atoms with E-state index in [9.17, 15) is 4.79 Å². The third kappa shape index (κ3) is 6.37. The molecule has 1 aromatic heterocycles. The molecule has 0 spiro atoms. The van der Waals surface area contributed by atoms with Crippen LogP contribution in [0, 0.1) is 0 Å². The molecule has 0 aliphatic carbocycles. The van der Waals surface area contributed by atoms with Crippen molar-refractivity contribution in [1.29, 1.82) is 0 Å². The Morgan fingerprint density at radius 2 is 1.80 bits per heavy atom. The fraction of sp³-hybridized carbons (Fsp3) is 0.333. The van der Waals surface area contributed by atoms with E-state index in [1.807, 2.05) is 35.0 Å². The lowest BCUT2D eigenvalue weighted by molar-refractivity contribution is 0.0526. The molecule has 3 aromatic rings. The number of carbonyl (C=O) groups is 1. The Morgan fingerprint density at radius 1 is 1.07 bits per heavy atom. The summed E-state index contributed by atoms with van der Waals surface area (Å²) in [7, 11) is 1.67. The van der Waals surface area contributed by atoms with E-state index in [1.165, 1.54) is 5.56 Å². The smallest absolute Gasteiger partial charge is 0.338 e. The van der Waals surface area contributed by atoms with Gasteiger partial charge in [0.05, 0.1) is 32.2 Å². The Hall–Kier alpha value is -3.28. The molecule has 0 bridgehead atoms. The van der Waals surface area contributed by atoms with E-state index in [2.05, 4.69) is 17.1 Å². The molecule has 0 amide bonds. The second-order valence-corrected chi connectivity index (χ2v) is 6.98. The molecule has 0 N–H and O–H groups in total. The summed E-state index contributed by atoms with van der Waals surface area (Å²) in [6, 6.07) is 15.3. The van der Waals surface area contributed by atoms with E-state index in [4.69, 9.17) is 14.2 Å². The van der Waals surface area contributed by atoms with Crippen molar-refractivity contribution in [2.24, 2.45) is 0 Å². The maximum absolute atomic E-state index is 11.8. The zero-order chi connectivity index (χ0) is 21.2. The molecule has 0 saturated carbocycles. The third-order valence-corrected chi connectivity index (χ3v) is 4.79. The molecule has 3 rings (SSSR count). The highest BCUT2D eigenvalue weighted by Crippen LogP contribution is 2.19. The Morgan fingerprint density at radius 3 is 2.43 bits per heavy atom. The molecule has 0 aliphatic heterocycles. The predicted molar refractivity (Wildman–Crippen MR) is 115 cm³/mol. The van der Waals surface area contributed by atoms with Crippen molar-refractivity contribution in [2.75, 3.05) is 13.7 Å². The number of aromatic nitrogens is 2. The van der Waals surface area contributed by atoms with Crippen LogP contribution in [0.15, 0.2) is 67.3 Å². The summed E-state index contributed by atoms with van der Waals surface area (Å²) in [6.45, 7) is 2.86. The monoisotopic (exact) mass is 408 g/mol. The maximum Gasteiger partial charge on any atom is 0.338 e. The minimum atomic E-state index is -0.321. The summed E-state index contributed by atoms with van der Waals surface area (Å²) in [4.78, 5) is 15.9. The normalized spacial score (nSPS) is 11.7. The van der Waals surface area contributed by atoms with Gasteiger partial charge in [-0.05, 0) is 68.1 Å². The first-order valence-electron chi connectivity index (χ1n) is 10.2. The number of benzene rings is 2. The minimum absolute atomic E-state index is 0.00843. The van der Waals surface area contributed by atoms with Crippen molar-refractivity contribution in [3.05, 3.63) is 78.4 Å². The van der Waals surface area contributed by atoms with Gasteiger partial charge in [-0.2, -0.15) is 0 Å². The SMILES string of the molecule is CCOC(=O)c1ccc(OC(CCCc2ccc(OC)cc2)Cn2ccnc2)cc1. The molecule has 158 valence electrons. The van der Waals surface area contributed by atoms with E-state index < -0.39 is 0 Å². The number of rotatable bonds is 11. The van der Waals surface area contributed by atoms with Gasteiger partial charge in [0.25, 0.3) is 0 Å². The van der Waals surface area contributed by atoms with Gasteiger partial charge in [0, 0.05) is 12.4 Å². The molecule has 6 nitrogen and oxygen atoms in total. The Balaban J connectivity index is 1.59. The first-order valence-corrected chi connectivity index (χ1v) is 10.2. The highest BCUT2D eigenvalue weighted by Gasteiger charge is 2.13. The van der Waals surface area contributed by atoms with Crippen LogP contribution in [0.25, 0.3) is 0 Å². The van der Waals surface area contributed by atoms with Gasteiger partial charge in [0.2, 0.25) is 0 Å². The molecule has 1 heterocycles. The lowest BCUT2D eigenvalue weighted by atomic mass is 10.1. The van der Waals surface area contributed by atoms with Crippen LogP contribution in [0.3, 0.4) is 0 Å². The fourth-order valence-corrected chi connectivity index (χ4v) is 3.22. The predicted octanol–water partition coefficient (Wildman–Crippen LogP) is 4.54. The molecule has 1 unspecified atom stereocenters. The number of hydrogen-bond donors (Lipinski definition) is 0. The number of nitrogens with zero attached hydrogens (tertiary/aromatic N) is 2. The first-order chi connectivity index (χ1) is 14.7. The van der Waals surface area contributed by atoms with E-state index in [0.29, 0.717) is 18.7 Å². The van der Waals surface area contributed by atoms with Gasteiger partial charge < -0.3 is 18.8 Å². The van der Waals surface area contributed by atoms with Crippen molar-refractivity contribution in [3.63, 3.8) is 0 Å². The molecule has 1 atom stereocenters. The number of ether oxygens (including phenoxy) is 3. The molecule has 0 fully saturated rings. The van der Waals surface area contributed by atoms with Gasteiger partial charge in [0.15, 0.2) is 0 Å². The number of imidazole rings is 1. The zero-order valence-corrected chi connectivity index (χ0v) is 17.5. The van der Waals surface area contributed by atoms with E-state index in [0.717, 1.165) is 30.8 Å². The van der Waals surface area contributed by atoms with Crippen molar-refractivity contribution in [3.8, 4) is 11.5 Å². The van der Waals surface area contributed by atoms with Crippen LogP contribution in [0.4, 0.5) is 0 Å². The minimum Gasteiger partial charge on any atom is -0.497 e. The highest BCUT2D eigenvalue weighted by atomic mass is 16.5. The van der Waals surface area contributed by atoms with Gasteiger partial charge in [0.1, 0.15) is 17.6 Å². The first kappa shape index (κ1) is 21.4. The lowest BCUT2D eigenvalue weighted by Crippen LogP contribution is -2.23. The van der Waals surface area contributed by atoms with Gasteiger partial charge in [-0.1, -0.05) is 12.1 Å². The van der Waals surface area contributed by atoms with Crippen LogP contribution >= 0.6 is 0 Å². The highest BCUT2D eigenvalue weighted by molar-refractivity contribution is 5.89. The summed E-state index contributed by atoms with van der Waals surface area (Å²) in [5, 5.41) is 0. The summed E-state index contributed by atoms with van der Waals surface area (Å²) in [6.07, 6.45) is 8.34. The Labute approximate surface area is 177 Å². The number of methoxy groups -OCH3 is 1. The van der Waals surface area contributed by atoms with Crippen molar-refractivity contribution >= 4 is 5.97 Å². The topological polar surface area (TPSA) is 62.6 Å². The zero-order valence-electron chi connectivity index (χ0n) is 17.5. The molecule has 0 aliphatic rings. The standard InChI is InChI=1S/C24H28N2O4/c1-3-29-24(27)20-9-13-22(14-10-20)30-23(17-26-16-15-25-18-26)6-4-5-19-7-11-21(28-2)12-8-19/h7-16,18,23H,3-6,17H2,1-2H3. The van der Waals surface area contributed by atoms with Crippen molar-refractivity contribution in [2.45, 2.75) is 38.8 Å². The van der Waals surface area contributed by atoms with Gasteiger partial charge in [-0.25, -0.2) is 9.78 Å². The molecule has 30 heavy (non-hydrogen) atoms. The molecular weight excluding hydrogens is 380 g/mol. The van der Waals surface area contributed by atoms with Gasteiger partial charge in [-0.15, -0.1) is 0 Å². The number of esters is 1. The average Bonchev–Trinajstić information content (AvgIpc) is 3.28. The van der Waals surface area contributed by atoms with Crippen LogP contribution in [0.1, 0.15) is 35.7 Å². The molecule has 0 radical (unpaired) electrons. The van der Waals surface area contributed by atoms with Gasteiger partial charge >= 0.3 is 5.97 Å². The van der Waals surface area contributed by atoms with Crippen molar-refractivity contribution < 1.29 is 19.0 Å². The van der Waals surface area contributed by atoms with Crippen LogP contribution in [-0.2, 0) is 17.7 Å². The summed E-state index contributed by atoms with van der Waals surface area (Å²) in [5.74, 6) is 1.28. The molecular formula is C24H28N2O4. The van der Waals surface area contributed by atoms with Gasteiger partial charge in [-0.3, -0.25) is 0 Å². The summed E-state index contributed by atoms with van der Waals surface area (Å²) >= 11 is 0. The third-order valence-electron chi connectivity index (χ3n) is 4.79. The fourth-order valence-electron chi connectivity index (χ4n) is 3.22. The van der Waals surface area contributed by atoms with Crippen LogP contribution < -0.4 is 9.47 Å². The number of carbonyl (C=O) groups excluding carboxylic acids is 1. The summed E-state index contributed by atoms with van der Waals surface area (Å²) in [5.41, 5.74) is 1.80. The van der Waals surface area contributed by atoms with E-state index >= 15 is 0 Å². The molecule has 0 saturated heterocycles. The molecule has 6 heteroatoms. The maximum atomic E-state index is 11.8. The Bertz CT molecular complexity index is 890. The largest absolute Gasteiger partial charge is 0.497 e. The van der Waals surface area contributed by atoms with E-state index in [1.54, 1.807) is 38.7 Å². The quantitative estimate of drug-likeness (QED) is 0.436. The van der Waals surface area contributed by atoms with E-state index in [-0.39, 0.29) is 12.1 Å². The number of aryl methyl sites for hydroxylation is 1. The Kier molecular flexibility index (Phi) is 7.89. The van der Waals surface area contributed by atoms with Crippen LogP contribution in [-0.4, -0.2) is 35.3 Å². The second kappa shape index (κ2) is 11.0. The molecule has 2 aromatic carbocycles. The number of hydrogen-bond acceptors (Lipinski definition) is 5. The van der Waals surface area contributed by atoms with Crippen LogP contribution in [0.2, 0.25) is 0 Å². The van der Waals surface area contributed by atoms with Crippen LogP contribution in [0.5, 0.6) is 11.5 Å². The summed E-state index contributed by atoms with van der Waals surface area (Å²) < 4.78 is 18.5. The lowest BCUT2D eigenvalue weighted by Gasteiger charge is -2.20. The average molecular weight is 408 g/mol. The second-order valence-electron chi connectivity index (χ2n) is 6.98.